The summed E-state index contributed by atoms with van der Waals surface area (Å²) in [7, 11) is -1.45. The number of nitrogens with one attached hydrogen (secondary N) is 1. The fourth-order valence-corrected chi connectivity index (χ4v) is 5.35. The summed E-state index contributed by atoms with van der Waals surface area (Å²) >= 11 is 0. The van der Waals surface area contributed by atoms with E-state index in [1.807, 2.05) is 0 Å². The highest BCUT2D eigenvalue weighted by Crippen LogP contribution is 2.32. The fraction of sp³-hybridized carbons (Fsp3) is 0.286. The van der Waals surface area contributed by atoms with Crippen LogP contribution in [0.5, 0.6) is 11.5 Å². The molecule has 0 spiro atoms. The Labute approximate surface area is 228 Å². The number of benzene rings is 3. The smallest absolute Gasteiger partial charge is 0.264 e. The molecule has 0 aliphatic carbocycles. The number of hydrogen-bond donors (Lipinski definition) is 1. The van der Waals surface area contributed by atoms with E-state index in [4.69, 9.17) is 9.47 Å². The van der Waals surface area contributed by atoms with Gasteiger partial charge in [-0.3, -0.25) is 13.9 Å². The Hall–Kier alpha value is -4.12. The number of carbonyl (C=O) groups excluding carboxylic acids is 2. The van der Waals surface area contributed by atoms with Gasteiger partial charge in [-0.25, -0.2) is 12.8 Å². The first-order chi connectivity index (χ1) is 18.6. The van der Waals surface area contributed by atoms with Gasteiger partial charge in [0.05, 0.1) is 24.8 Å². The summed E-state index contributed by atoms with van der Waals surface area (Å²) in [5, 5.41) is 2.69. The van der Waals surface area contributed by atoms with Gasteiger partial charge >= 0.3 is 0 Å². The van der Waals surface area contributed by atoms with Gasteiger partial charge in [0.15, 0.2) is 11.5 Å². The number of amides is 2. The van der Waals surface area contributed by atoms with Gasteiger partial charge in [-0.1, -0.05) is 30.3 Å². The lowest BCUT2D eigenvalue weighted by molar-refractivity contribution is -0.139. The van der Waals surface area contributed by atoms with E-state index in [9.17, 15) is 22.4 Å². The quantitative estimate of drug-likeness (QED) is 0.365. The Morgan fingerprint density at radius 1 is 0.949 bits per heavy atom. The lowest BCUT2D eigenvalue weighted by Gasteiger charge is -2.32. The van der Waals surface area contributed by atoms with Crippen LogP contribution in [0, 0.1) is 5.82 Å². The predicted octanol–water partition coefficient (Wildman–Crippen LogP) is 3.59. The molecule has 0 aliphatic heterocycles. The van der Waals surface area contributed by atoms with E-state index in [-0.39, 0.29) is 22.9 Å². The average molecular weight is 558 g/mol. The molecule has 208 valence electrons. The third-order valence-corrected chi connectivity index (χ3v) is 7.82. The molecule has 0 aromatic heterocycles. The maximum atomic E-state index is 13.9. The standard InChI is InChI=1S/C28H32FN3O6S/c1-5-30-28(34)20(2)31(18-21-11-13-22(29)14-12-21)27(33)19-32(23-9-7-6-8-10-23)39(35,36)24-15-16-25(37-3)26(17-24)38-4/h6-17,20H,5,18-19H2,1-4H3,(H,30,34)/t20-/m1/s1. The van der Waals surface area contributed by atoms with Crippen molar-refractivity contribution >= 4 is 27.5 Å². The number of methoxy groups -OCH3 is 2. The lowest BCUT2D eigenvalue weighted by Crippen LogP contribution is -2.51. The summed E-state index contributed by atoms with van der Waals surface area (Å²) < 4.78 is 52.8. The topological polar surface area (TPSA) is 105 Å². The second-order valence-electron chi connectivity index (χ2n) is 8.58. The van der Waals surface area contributed by atoms with Crippen molar-refractivity contribution in [2.75, 3.05) is 31.6 Å². The third-order valence-electron chi connectivity index (χ3n) is 6.05. The van der Waals surface area contributed by atoms with E-state index in [1.165, 1.54) is 61.6 Å². The van der Waals surface area contributed by atoms with Crippen molar-refractivity contribution in [3.8, 4) is 11.5 Å². The molecule has 0 aliphatic rings. The van der Waals surface area contributed by atoms with Gasteiger partial charge in [-0.2, -0.15) is 0 Å². The van der Waals surface area contributed by atoms with Crippen LogP contribution in [0.15, 0.2) is 77.7 Å². The zero-order valence-corrected chi connectivity index (χ0v) is 23.1. The normalized spacial score (nSPS) is 11.8. The second-order valence-corrected chi connectivity index (χ2v) is 10.4. The second kappa shape index (κ2) is 13.1. The van der Waals surface area contributed by atoms with E-state index in [0.717, 1.165) is 4.31 Å². The summed E-state index contributed by atoms with van der Waals surface area (Å²) in [4.78, 5) is 27.7. The highest BCUT2D eigenvalue weighted by atomic mass is 32.2. The Morgan fingerprint density at radius 3 is 2.18 bits per heavy atom. The predicted molar refractivity (Wildman–Crippen MR) is 146 cm³/mol. The molecule has 9 nitrogen and oxygen atoms in total. The third kappa shape index (κ3) is 7.05. The number of likely N-dealkylation sites (N-methyl/N-ethyl adjacent to an activating group) is 1. The number of rotatable bonds is 12. The van der Waals surface area contributed by atoms with E-state index in [0.29, 0.717) is 17.9 Å². The maximum Gasteiger partial charge on any atom is 0.264 e. The van der Waals surface area contributed by atoms with Gasteiger partial charge in [0, 0.05) is 19.2 Å². The van der Waals surface area contributed by atoms with Crippen LogP contribution >= 0.6 is 0 Å². The molecule has 3 rings (SSSR count). The zero-order valence-electron chi connectivity index (χ0n) is 22.3. The zero-order chi connectivity index (χ0) is 28.6. The Morgan fingerprint density at radius 2 is 1.59 bits per heavy atom. The van der Waals surface area contributed by atoms with Gasteiger partial charge in [0.2, 0.25) is 11.8 Å². The number of carbonyl (C=O) groups is 2. The Balaban J connectivity index is 2.03. The lowest BCUT2D eigenvalue weighted by atomic mass is 10.1. The first-order valence-corrected chi connectivity index (χ1v) is 13.7. The molecule has 1 N–H and O–H groups in total. The van der Waals surface area contributed by atoms with Crippen LogP contribution in [0.2, 0.25) is 0 Å². The summed E-state index contributed by atoms with van der Waals surface area (Å²) in [6.07, 6.45) is 0. The number of anilines is 1. The molecule has 0 unspecified atom stereocenters. The molecule has 0 bridgehead atoms. The highest BCUT2D eigenvalue weighted by Gasteiger charge is 2.33. The van der Waals surface area contributed by atoms with Crippen LogP contribution in [0.4, 0.5) is 10.1 Å². The Bertz CT molecular complexity index is 1380. The first kappa shape index (κ1) is 29.4. The minimum absolute atomic E-state index is 0.0313. The van der Waals surface area contributed by atoms with Crippen molar-refractivity contribution in [1.29, 1.82) is 0 Å². The number of halogens is 1. The monoisotopic (exact) mass is 557 g/mol. The molecule has 0 heterocycles. The summed E-state index contributed by atoms with van der Waals surface area (Å²) in [6, 6.07) is 16.9. The highest BCUT2D eigenvalue weighted by molar-refractivity contribution is 7.92. The van der Waals surface area contributed by atoms with E-state index in [1.54, 1.807) is 44.2 Å². The van der Waals surface area contributed by atoms with E-state index < -0.39 is 40.2 Å². The van der Waals surface area contributed by atoms with E-state index >= 15 is 0 Å². The van der Waals surface area contributed by atoms with Crippen LogP contribution in [0.25, 0.3) is 0 Å². The maximum absolute atomic E-state index is 13.9. The molecule has 0 radical (unpaired) electrons. The number of para-hydroxylation sites is 1. The van der Waals surface area contributed by atoms with Crippen molar-refractivity contribution in [3.63, 3.8) is 0 Å². The average Bonchev–Trinajstić information content (AvgIpc) is 2.95. The van der Waals surface area contributed by atoms with Crippen LogP contribution < -0.4 is 19.1 Å². The van der Waals surface area contributed by atoms with E-state index in [2.05, 4.69) is 5.32 Å². The van der Waals surface area contributed by atoms with Crippen LogP contribution in [-0.4, -0.2) is 58.5 Å². The molecule has 11 heteroatoms. The molecule has 0 saturated heterocycles. The van der Waals surface area contributed by atoms with Gasteiger partial charge in [0.25, 0.3) is 10.0 Å². The molecule has 2 amide bonds. The summed E-state index contributed by atoms with van der Waals surface area (Å²) in [5.74, 6) is -0.904. The van der Waals surface area contributed by atoms with Gasteiger partial charge < -0.3 is 19.7 Å². The van der Waals surface area contributed by atoms with Crippen LogP contribution in [-0.2, 0) is 26.2 Å². The minimum atomic E-state index is -4.27. The first-order valence-electron chi connectivity index (χ1n) is 12.2. The van der Waals surface area contributed by atoms with Crippen LogP contribution in [0.1, 0.15) is 19.4 Å². The molecule has 0 fully saturated rings. The number of nitrogens with zero attached hydrogens (tertiary/aromatic N) is 2. The van der Waals surface area contributed by atoms with Crippen molar-refractivity contribution in [2.45, 2.75) is 31.3 Å². The SMILES string of the molecule is CCNC(=O)[C@@H](C)N(Cc1ccc(F)cc1)C(=O)CN(c1ccccc1)S(=O)(=O)c1ccc(OC)c(OC)c1. The van der Waals surface area contributed by atoms with Gasteiger partial charge in [-0.15, -0.1) is 0 Å². The van der Waals surface area contributed by atoms with Crippen molar-refractivity contribution in [1.82, 2.24) is 10.2 Å². The van der Waals surface area contributed by atoms with Crippen LogP contribution in [0.3, 0.4) is 0 Å². The molecule has 0 saturated carbocycles. The largest absolute Gasteiger partial charge is 0.493 e. The van der Waals surface area contributed by atoms with Crippen molar-refractivity contribution in [3.05, 3.63) is 84.2 Å². The van der Waals surface area contributed by atoms with Crippen molar-refractivity contribution in [2.24, 2.45) is 0 Å². The van der Waals surface area contributed by atoms with Crippen molar-refractivity contribution < 1.29 is 31.9 Å². The number of hydrogen-bond acceptors (Lipinski definition) is 6. The molecular weight excluding hydrogens is 525 g/mol. The number of ether oxygens (including phenoxy) is 2. The van der Waals surface area contributed by atoms with Gasteiger partial charge in [-0.05, 0) is 55.8 Å². The fourth-order valence-electron chi connectivity index (χ4n) is 3.92. The molecule has 1 atom stereocenters. The van der Waals surface area contributed by atoms with Gasteiger partial charge in [0.1, 0.15) is 18.4 Å². The summed E-state index contributed by atoms with van der Waals surface area (Å²) in [6.45, 7) is 3.04. The summed E-state index contributed by atoms with van der Waals surface area (Å²) in [5.41, 5.74) is 0.836. The molecule has 39 heavy (non-hydrogen) atoms. The molecule has 3 aromatic rings. The molecule has 3 aromatic carbocycles. The Kier molecular flexibility index (Phi) is 9.89. The number of sulfonamides is 1. The minimum Gasteiger partial charge on any atom is -0.493 e. The molecular formula is C28H32FN3O6S.